The molecule has 0 radical (unpaired) electrons. The molecule has 90 valence electrons. The minimum Gasteiger partial charge on any atom is -0.265 e. The van der Waals surface area contributed by atoms with Crippen LogP contribution in [0.1, 0.15) is 11.6 Å². The molecule has 0 amide bonds. The topological polar surface area (TPSA) is 40.9 Å². The number of anilines is 1. The summed E-state index contributed by atoms with van der Waals surface area (Å²) in [7, 11) is 0. The van der Waals surface area contributed by atoms with E-state index >= 15 is 0 Å². The van der Waals surface area contributed by atoms with Crippen molar-refractivity contribution in [2.75, 3.05) is 11.6 Å². The first-order chi connectivity index (χ1) is 8.84. The minimum atomic E-state index is 0.161. The van der Waals surface area contributed by atoms with E-state index in [4.69, 9.17) is 0 Å². The molecule has 1 aliphatic heterocycles. The molecule has 0 saturated heterocycles. The van der Waals surface area contributed by atoms with Crippen molar-refractivity contribution >= 4 is 21.6 Å². The molecule has 2 aromatic rings. The highest BCUT2D eigenvalue weighted by atomic mass is 79.9. The maximum Gasteiger partial charge on any atom is 0.101 e. The number of benzene rings is 1. The summed E-state index contributed by atoms with van der Waals surface area (Å²) in [5, 5.41) is 10.3. The van der Waals surface area contributed by atoms with E-state index in [1.807, 2.05) is 41.4 Å². The van der Waals surface area contributed by atoms with E-state index in [2.05, 4.69) is 31.3 Å². The molecule has 0 fully saturated rings. The summed E-state index contributed by atoms with van der Waals surface area (Å²) in [5.41, 5.74) is 2.22. The van der Waals surface area contributed by atoms with Gasteiger partial charge < -0.3 is 0 Å². The van der Waals surface area contributed by atoms with Crippen molar-refractivity contribution in [1.82, 2.24) is 4.98 Å². The highest BCUT2D eigenvalue weighted by Gasteiger charge is 2.25. The fourth-order valence-corrected chi connectivity index (χ4v) is 2.24. The molecule has 0 spiro atoms. The Morgan fingerprint density at radius 1 is 1.06 bits per heavy atom. The van der Waals surface area contributed by atoms with Crippen LogP contribution in [0.3, 0.4) is 0 Å². The number of rotatable bonds is 2. The Bertz CT molecular complexity index is 553. The van der Waals surface area contributed by atoms with E-state index in [0.717, 1.165) is 10.2 Å². The number of hydrogen-bond donors (Lipinski definition) is 0. The zero-order chi connectivity index (χ0) is 12.4. The molecule has 3 rings (SSSR count). The summed E-state index contributed by atoms with van der Waals surface area (Å²) < 4.78 is 1.06. The van der Waals surface area contributed by atoms with Crippen molar-refractivity contribution in [1.29, 1.82) is 0 Å². The fraction of sp³-hybridized carbons (Fsp3) is 0.154. The van der Waals surface area contributed by atoms with Gasteiger partial charge in [0.25, 0.3) is 0 Å². The SMILES string of the molecule is Brc1ccc(N2N=NCC2c2ccncc2)cc1. The lowest BCUT2D eigenvalue weighted by Crippen LogP contribution is -2.20. The fourth-order valence-electron chi connectivity index (χ4n) is 1.98. The lowest BCUT2D eigenvalue weighted by Gasteiger charge is -2.21. The van der Waals surface area contributed by atoms with Crippen LogP contribution in [0.5, 0.6) is 0 Å². The predicted molar refractivity (Wildman–Crippen MR) is 73.3 cm³/mol. The first-order valence-corrected chi connectivity index (χ1v) is 6.46. The lowest BCUT2D eigenvalue weighted by molar-refractivity contribution is 0.730. The van der Waals surface area contributed by atoms with Crippen LogP contribution >= 0.6 is 15.9 Å². The highest BCUT2D eigenvalue weighted by Crippen LogP contribution is 2.32. The second kappa shape index (κ2) is 4.86. The Balaban J connectivity index is 1.91. The Morgan fingerprint density at radius 3 is 2.50 bits per heavy atom. The van der Waals surface area contributed by atoms with Crippen LogP contribution in [0.4, 0.5) is 5.69 Å². The van der Waals surface area contributed by atoms with Gasteiger partial charge in [0, 0.05) is 16.9 Å². The summed E-state index contributed by atoms with van der Waals surface area (Å²) in [6.45, 7) is 0.681. The van der Waals surface area contributed by atoms with Gasteiger partial charge in [-0.1, -0.05) is 21.2 Å². The van der Waals surface area contributed by atoms with Crippen LogP contribution in [0.2, 0.25) is 0 Å². The summed E-state index contributed by atoms with van der Waals surface area (Å²) in [5.74, 6) is 0. The van der Waals surface area contributed by atoms with Crippen LogP contribution < -0.4 is 5.01 Å². The third kappa shape index (κ3) is 2.13. The molecule has 0 saturated carbocycles. The number of pyridine rings is 1. The molecule has 0 bridgehead atoms. The van der Waals surface area contributed by atoms with E-state index in [0.29, 0.717) is 6.54 Å². The van der Waals surface area contributed by atoms with E-state index < -0.39 is 0 Å². The Labute approximate surface area is 113 Å². The zero-order valence-electron chi connectivity index (χ0n) is 9.57. The first kappa shape index (κ1) is 11.3. The van der Waals surface area contributed by atoms with Crippen LogP contribution in [0.15, 0.2) is 63.6 Å². The normalized spacial score (nSPS) is 18.3. The molecule has 2 heterocycles. The van der Waals surface area contributed by atoms with Gasteiger partial charge in [-0.05, 0) is 42.0 Å². The predicted octanol–water partition coefficient (Wildman–Crippen LogP) is 3.77. The molecule has 1 unspecified atom stereocenters. The van der Waals surface area contributed by atoms with Crippen molar-refractivity contribution < 1.29 is 0 Å². The van der Waals surface area contributed by atoms with Gasteiger partial charge in [0.05, 0.1) is 12.2 Å². The molecule has 0 N–H and O–H groups in total. The number of aromatic nitrogens is 1. The van der Waals surface area contributed by atoms with Gasteiger partial charge in [0.2, 0.25) is 0 Å². The van der Waals surface area contributed by atoms with Crippen molar-refractivity contribution in [2.24, 2.45) is 10.3 Å². The van der Waals surface area contributed by atoms with Crippen molar-refractivity contribution in [3.05, 3.63) is 58.8 Å². The van der Waals surface area contributed by atoms with Gasteiger partial charge in [0.15, 0.2) is 0 Å². The summed E-state index contributed by atoms with van der Waals surface area (Å²) >= 11 is 3.43. The van der Waals surface area contributed by atoms with E-state index in [1.165, 1.54) is 5.56 Å². The summed E-state index contributed by atoms with van der Waals surface area (Å²) in [6.07, 6.45) is 3.60. The van der Waals surface area contributed by atoms with Gasteiger partial charge in [0.1, 0.15) is 6.04 Å². The molecule has 0 aliphatic carbocycles. The Kier molecular flexibility index (Phi) is 3.06. The average Bonchev–Trinajstić information content (AvgIpc) is 2.90. The van der Waals surface area contributed by atoms with Gasteiger partial charge >= 0.3 is 0 Å². The van der Waals surface area contributed by atoms with Crippen LogP contribution in [-0.4, -0.2) is 11.5 Å². The maximum atomic E-state index is 4.22. The third-order valence-electron chi connectivity index (χ3n) is 2.89. The van der Waals surface area contributed by atoms with E-state index in [9.17, 15) is 0 Å². The molecule has 5 heteroatoms. The van der Waals surface area contributed by atoms with Gasteiger partial charge in [-0.2, -0.15) is 5.11 Å². The molecule has 1 aromatic carbocycles. The molecule has 18 heavy (non-hydrogen) atoms. The summed E-state index contributed by atoms with van der Waals surface area (Å²) in [4.78, 5) is 4.04. The van der Waals surface area contributed by atoms with Crippen molar-refractivity contribution in [3.8, 4) is 0 Å². The Morgan fingerprint density at radius 2 is 1.78 bits per heavy atom. The van der Waals surface area contributed by atoms with Gasteiger partial charge in [-0.25, -0.2) is 5.01 Å². The monoisotopic (exact) mass is 302 g/mol. The quantitative estimate of drug-likeness (QED) is 0.847. The van der Waals surface area contributed by atoms with Gasteiger partial charge in [-0.15, -0.1) is 0 Å². The molecule has 4 nitrogen and oxygen atoms in total. The molecular weight excluding hydrogens is 292 g/mol. The molecule has 1 aromatic heterocycles. The van der Waals surface area contributed by atoms with Crippen LogP contribution in [-0.2, 0) is 0 Å². The third-order valence-corrected chi connectivity index (χ3v) is 3.42. The highest BCUT2D eigenvalue weighted by molar-refractivity contribution is 9.10. The number of halogens is 1. The average molecular weight is 303 g/mol. The molecule has 1 aliphatic rings. The zero-order valence-corrected chi connectivity index (χ0v) is 11.2. The van der Waals surface area contributed by atoms with E-state index in [1.54, 1.807) is 12.4 Å². The van der Waals surface area contributed by atoms with Crippen molar-refractivity contribution in [3.63, 3.8) is 0 Å². The number of nitrogens with zero attached hydrogens (tertiary/aromatic N) is 4. The first-order valence-electron chi connectivity index (χ1n) is 5.67. The van der Waals surface area contributed by atoms with Crippen LogP contribution in [0.25, 0.3) is 0 Å². The molecule has 1 atom stereocenters. The molecular formula is C13H11BrN4. The van der Waals surface area contributed by atoms with Crippen LogP contribution in [0, 0.1) is 0 Å². The van der Waals surface area contributed by atoms with Gasteiger partial charge in [-0.3, -0.25) is 4.98 Å². The van der Waals surface area contributed by atoms with Crippen molar-refractivity contribution in [2.45, 2.75) is 6.04 Å². The second-order valence-corrected chi connectivity index (χ2v) is 4.95. The minimum absolute atomic E-state index is 0.161. The largest absolute Gasteiger partial charge is 0.265 e. The lowest BCUT2D eigenvalue weighted by atomic mass is 10.1. The number of hydrogen-bond acceptors (Lipinski definition) is 4. The maximum absolute atomic E-state index is 4.22. The summed E-state index contributed by atoms with van der Waals surface area (Å²) in [6, 6.07) is 12.2. The Hall–Kier alpha value is -1.75. The van der Waals surface area contributed by atoms with E-state index in [-0.39, 0.29) is 6.04 Å². The second-order valence-electron chi connectivity index (χ2n) is 4.03. The smallest absolute Gasteiger partial charge is 0.101 e. The standard InChI is InChI=1S/C13H11BrN4/c14-11-1-3-12(4-2-11)18-13(9-16-17-18)10-5-7-15-8-6-10/h1-8,13H,9H2.